The number of halogens is 4. The monoisotopic (exact) mass is 499 g/mol. The van der Waals surface area contributed by atoms with Gasteiger partial charge < -0.3 is 20.5 Å². The topological polar surface area (TPSA) is 86.7 Å². The summed E-state index contributed by atoms with van der Waals surface area (Å²) >= 11 is 0. The molecule has 0 aliphatic rings. The van der Waals surface area contributed by atoms with E-state index in [4.69, 9.17) is 10.5 Å². The molecule has 0 aliphatic carbocycles. The third-order valence-electron chi connectivity index (χ3n) is 3.48. The molecule has 11 heteroatoms. The van der Waals surface area contributed by atoms with Gasteiger partial charge in [-0.2, -0.15) is 5.10 Å². The molecule has 0 spiro atoms. The van der Waals surface area contributed by atoms with Crippen molar-refractivity contribution in [2.75, 3.05) is 12.4 Å². The van der Waals surface area contributed by atoms with E-state index in [1.165, 1.54) is 25.3 Å². The lowest BCUT2D eigenvalue weighted by Crippen LogP contribution is -2.24. The fraction of sp³-hybridized carbons (Fsp3) is 0.375. The SMILES string of the molecule is CCc1nn(C)c(OC)c1CN=C(N)Nc1ccccc1OC(F)(F)F.I. The van der Waals surface area contributed by atoms with Gasteiger partial charge in [0.1, 0.15) is 0 Å². The zero-order chi connectivity index (χ0) is 19.3. The van der Waals surface area contributed by atoms with E-state index in [1.807, 2.05) is 6.92 Å². The van der Waals surface area contributed by atoms with E-state index in [0.717, 1.165) is 11.3 Å². The van der Waals surface area contributed by atoms with E-state index in [2.05, 4.69) is 20.1 Å². The number of rotatable bonds is 6. The van der Waals surface area contributed by atoms with Gasteiger partial charge in [-0.05, 0) is 18.6 Å². The second-order valence-corrected chi connectivity index (χ2v) is 5.28. The third-order valence-corrected chi connectivity index (χ3v) is 3.48. The summed E-state index contributed by atoms with van der Waals surface area (Å²) in [5.41, 5.74) is 7.44. The van der Waals surface area contributed by atoms with Crippen molar-refractivity contribution in [3.63, 3.8) is 0 Å². The predicted octanol–water partition coefficient (Wildman–Crippen LogP) is 3.43. The van der Waals surface area contributed by atoms with Crippen molar-refractivity contribution in [3.8, 4) is 11.6 Å². The Morgan fingerprint density at radius 3 is 2.59 bits per heavy atom. The van der Waals surface area contributed by atoms with Crippen molar-refractivity contribution >= 4 is 35.6 Å². The van der Waals surface area contributed by atoms with Crippen LogP contribution in [0.4, 0.5) is 18.9 Å². The van der Waals surface area contributed by atoms with E-state index in [-0.39, 0.29) is 42.2 Å². The average molecular weight is 499 g/mol. The summed E-state index contributed by atoms with van der Waals surface area (Å²) in [4.78, 5) is 4.17. The van der Waals surface area contributed by atoms with Crippen LogP contribution in [-0.2, 0) is 20.0 Å². The van der Waals surface area contributed by atoms with E-state index < -0.39 is 12.1 Å². The molecule has 27 heavy (non-hydrogen) atoms. The fourth-order valence-electron chi connectivity index (χ4n) is 2.43. The van der Waals surface area contributed by atoms with Crippen LogP contribution >= 0.6 is 24.0 Å². The highest BCUT2D eigenvalue weighted by Gasteiger charge is 2.32. The van der Waals surface area contributed by atoms with Crippen LogP contribution < -0.4 is 20.5 Å². The van der Waals surface area contributed by atoms with Crippen LogP contribution in [0.15, 0.2) is 29.3 Å². The summed E-state index contributed by atoms with van der Waals surface area (Å²) in [5, 5.41) is 6.95. The maximum atomic E-state index is 12.5. The minimum atomic E-state index is -4.80. The maximum absolute atomic E-state index is 12.5. The summed E-state index contributed by atoms with van der Waals surface area (Å²) in [7, 11) is 3.27. The number of nitrogens with two attached hydrogens (primary N) is 1. The summed E-state index contributed by atoms with van der Waals surface area (Å²) in [6.45, 7) is 2.11. The van der Waals surface area contributed by atoms with Crippen LogP contribution in [-0.4, -0.2) is 29.2 Å². The fourth-order valence-corrected chi connectivity index (χ4v) is 2.43. The molecule has 0 atom stereocenters. The van der Waals surface area contributed by atoms with Crippen LogP contribution in [0.5, 0.6) is 11.6 Å². The van der Waals surface area contributed by atoms with Crippen molar-refractivity contribution in [2.24, 2.45) is 17.8 Å². The first-order chi connectivity index (χ1) is 12.2. The molecular weight excluding hydrogens is 478 g/mol. The van der Waals surface area contributed by atoms with Gasteiger partial charge in [-0.15, -0.1) is 37.1 Å². The average Bonchev–Trinajstić information content (AvgIpc) is 2.88. The number of nitrogens with one attached hydrogen (secondary N) is 1. The highest BCUT2D eigenvalue weighted by atomic mass is 127. The number of alkyl halides is 3. The molecule has 0 saturated carbocycles. The molecule has 0 fully saturated rings. The quantitative estimate of drug-likeness (QED) is 0.362. The summed E-state index contributed by atoms with van der Waals surface area (Å²) in [6.07, 6.45) is -4.12. The van der Waals surface area contributed by atoms with Crippen LogP contribution in [0.2, 0.25) is 0 Å². The molecule has 0 bridgehead atoms. The third kappa shape index (κ3) is 6.19. The molecule has 0 aliphatic heterocycles. The standard InChI is InChI=1S/C16H20F3N5O2.HI/c1-4-11-10(14(25-3)24(2)23-11)9-21-15(20)22-12-7-5-6-8-13(12)26-16(17,18)19;/h5-8H,4,9H2,1-3H3,(H3,20,21,22);1H. The largest absolute Gasteiger partial charge is 0.573 e. The number of anilines is 1. The highest BCUT2D eigenvalue weighted by Crippen LogP contribution is 2.30. The van der Waals surface area contributed by atoms with Gasteiger partial charge in [0.25, 0.3) is 0 Å². The molecule has 1 aromatic carbocycles. The van der Waals surface area contributed by atoms with Crippen LogP contribution in [0.1, 0.15) is 18.2 Å². The minimum Gasteiger partial charge on any atom is -0.481 e. The summed E-state index contributed by atoms with van der Waals surface area (Å²) < 4.78 is 48.3. The highest BCUT2D eigenvalue weighted by molar-refractivity contribution is 14.0. The predicted molar refractivity (Wildman–Crippen MR) is 107 cm³/mol. The Labute approximate surface area is 171 Å². The number of benzene rings is 1. The summed E-state index contributed by atoms with van der Waals surface area (Å²) in [6, 6.07) is 5.57. The smallest absolute Gasteiger partial charge is 0.481 e. The van der Waals surface area contributed by atoms with Gasteiger partial charge in [-0.25, -0.2) is 9.67 Å². The number of aromatic nitrogens is 2. The second-order valence-electron chi connectivity index (χ2n) is 5.28. The van der Waals surface area contributed by atoms with E-state index in [0.29, 0.717) is 12.3 Å². The van der Waals surface area contributed by atoms with Crippen molar-refractivity contribution in [2.45, 2.75) is 26.3 Å². The van der Waals surface area contributed by atoms with Gasteiger partial charge in [0.05, 0.1) is 30.6 Å². The number of guanidine groups is 1. The lowest BCUT2D eigenvalue weighted by Gasteiger charge is -2.14. The summed E-state index contributed by atoms with van der Waals surface area (Å²) in [5.74, 6) is 0.0988. The molecule has 1 heterocycles. The molecule has 1 aromatic heterocycles. The molecule has 2 rings (SSSR count). The Balaban J connectivity index is 0.00000364. The van der Waals surface area contributed by atoms with Crippen molar-refractivity contribution < 1.29 is 22.6 Å². The van der Waals surface area contributed by atoms with Crippen molar-refractivity contribution in [1.29, 1.82) is 0 Å². The molecule has 0 saturated heterocycles. The number of aryl methyl sites for hydroxylation is 2. The number of ether oxygens (including phenoxy) is 2. The van der Waals surface area contributed by atoms with E-state index >= 15 is 0 Å². The number of hydrogen-bond donors (Lipinski definition) is 2. The zero-order valence-corrected chi connectivity index (χ0v) is 17.3. The van der Waals surface area contributed by atoms with Gasteiger partial charge in [-0.1, -0.05) is 19.1 Å². The lowest BCUT2D eigenvalue weighted by atomic mass is 10.2. The number of para-hydroxylation sites is 2. The Morgan fingerprint density at radius 2 is 2.00 bits per heavy atom. The Kier molecular flexibility index (Phi) is 8.19. The van der Waals surface area contributed by atoms with Gasteiger partial charge in [0, 0.05) is 7.05 Å². The number of hydrogen-bond acceptors (Lipinski definition) is 4. The molecule has 7 nitrogen and oxygen atoms in total. The molecule has 3 N–H and O–H groups in total. The van der Waals surface area contributed by atoms with E-state index in [1.54, 1.807) is 17.8 Å². The van der Waals surface area contributed by atoms with Gasteiger partial charge >= 0.3 is 6.36 Å². The van der Waals surface area contributed by atoms with Gasteiger partial charge in [0.2, 0.25) is 5.88 Å². The number of nitrogens with zero attached hydrogens (tertiary/aromatic N) is 3. The first-order valence-corrected chi connectivity index (χ1v) is 7.75. The molecule has 0 radical (unpaired) electrons. The number of methoxy groups -OCH3 is 1. The van der Waals surface area contributed by atoms with E-state index in [9.17, 15) is 13.2 Å². The van der Waals surface area contributed by atoms with Crippen molar-refractivity contribution in [1.82, 2.24) is 9.78 Å². The first-order valence-electron chi connectivity index (χ1n) is 7.75. The molecule has 0 amide bonds. The first kappa shape index (κ1) is 22.9. The molecular formula is C16H21F3IN5O2. The van der Waals surface area contributed by atoms with Crippen molar-refractivity contribution in [3.05, 3.63) is 35.5 Å². The van der Waals surface area contributed by atoms with Gasteiger partial charge in [0.15, 0.2) is 11.7 Å². The Bertz CT molecular complexity index is 793. The lowest BCUT2D eigenvalue weighted by molar-refractivity contribution is -0.274. The molecule has 150 valence electrons. The van der Waals surface area contributed by atoms with Gasteiger partial charge in [-0.3, -0.25) is 0 Å². The van der Waals surface area contributed by atoms with Crippen LogP contribution in [0.3, 0.4) is 0 Å². The zero-order valence-electron chi connectivity index (χ0n) is 15.0. The molecule has 2 aromatic rings. The minimum absolute atomic E-state index is 0. The normalized spacial score (nSPS) is 11.7. The Hall–Kier alpha value is -2.18. The maximum Gasteiger partial charge on any atom is 0.573 e. The Morgan fingerprint density at radius 1 is 1.33 bits per heavy atom. The van der Waals surface area contributed by atoms with Crippen LogP contribution in [0, 0.1) is 0 Å². The van der Waals surface area contributed by atoms with Crippen LogP contribution in [0.25, 0.3) is 0 Å². The second kappa shape index (κ2) is 9.67. The molecule has 0 unspecified atom stereocenters. The number of aliphatic imine (C=N–C) groups is 1.